The number of nitrogens with zero attached hydrogens (tertiary/aromatic N) is 2. The van der Waals surface area contributed by atoms with Gasteiger partial charge in [0.2, 0.25) is 11.5 Å². The minimum absolute atomic E-state index is 0.0317. The third kappa shape index (κ3) is 9.28. The second kappa shape index (κ2) is 18.8. The fourth-order valence-electron chi connectivity index (χ4n) is 9.35. The summed E-state index contributed by atoms with van der Waals surface area (Å²) < 4.78 is 12.7. The van der Waals surface area contributed by atoms with Crippen LogP contribution in [0.3, 0.4) is 0 Å². The van der Waals surface area contributed by atoms with Crippen molar-refractivity contribution in [2.24, 2.45) is 5.92 Å². The van der Waals surface area contributed by atoms with E-state index in [-0.39, 0.29) is 35.7 Å². The number of aliphatic hydroxyl groups is 1. The Hall–Kier alpha value is -5.49. The third-order valence-corrected chi connectivity index (χ3v) is 12.9. The van der Waals surface area contributed by atoms with Crippen molar-refractivity contribution in [2.45, 2.75) is 69.0 Å². The number of rotatable bonds is 16. The van der Waals surface area contributed by atoms with Crippen LogP contribution >= 0.6 is 0 Å². The molecule has 60 heavy (non-hydrogen) atoms. The maximum absolute atomic E-state index is 14.1. The number of benzene rings is 4. The Morgan fingerprint density at radius 3 is 2.35 bits per heavy atom. The van der Waals surface area contributed by atoms with Crippen molar-refractivity contribution in [3.05, 3.63) is 130 Å². The molecule has 0 radical (unpaired) electrons. The predicted octanol–water partition coefficient (Wildman–Crippen LogP) is 6.51. The van der Waals surface area contributed by atoms with Crippen LogP contribution in [0.5, 0.6) is 11.5 Å². The zero-order valence-corrected chi connectivity index (χ0v) is 34.2. The minimum Gasteiger partial charge on any atom is -0.506 e. The molecule has 2 bridgehead atoms. The van der Waals surface area contributed by atoms with Gasteiger partial charge in [-0.15, -0.1) is 0 Å². The molecule has 1 amide bonds. The molecule has 4 N–H and O–H groups in total. The summed E-state index contributed by atoms with van der Waals surface area (Å²) in [5.41, 5.74) is 3.73. The normalized spacial score (nSPS) is 20.1. The Bertz CT molecular complexity index is 2300. The molecule has 0 saturated carbocycles. The van der Waals surface area contributed by atoms with Gasteiger partial charge < -0.3 is 34.9 Å². The van der Waals surface area contributed by atoms with Gasteiger partial charge in [-0.25, -0.2) is 0 Å². The lowest BCUT2D eigenvalue weighted by Gasteiger charge is -2.46. The van der Waals surface area contributed by atoms with Gasteiger partial charge in [-0.1, -0.05) is 72.8 Å². The van der Waals surface area contributed by atoms with Crippen molar-refractivity contribution in [3.63, 3.8) is 0 Å². The number of carbonyl (C=O) groups is 2. The van der Waals surface area contributed by atoms with Crippen LogP contribution in [0.2, 0.25) is 0 Å². The number of H-pyrrole nitrogens is 1. The van der Waals surface area contributed by atoms with Gasteiger partial charge in [0.15, 0.2) is 0 Å². The monoisotopic (exact) mass is 812 g/mol. The van der Waals surface area contributed by atoms with Crippen molar-refractivity contribution in [1.82, 2.24) is 20.1 Å². The molecular weight excluding hydrogens is 757 g/mol. The van der Waals surface area contributed by atoms with E-state index < -0.39 is 11.5 Å². The lowest BCUT2D eigenvalue weighted by atomic mass is 9.72. The van der Waals surface area contributed by atoms with E-state index in [2.05, 4.69) is 33.4 Å². The molecule has 4 aromatic carbocycles. The van der Waals surface area contributed by atoms with Gasteiger partial charge >= 0.3 is 5.97 Å². The number of hydrogen-bond acceptors (Lipinski definition) is 9. The summed E-state index contributed by atoms with van der Waals surface area (Å²) in [6, 6.07) is 32.3. The van der Waals surface area contributed by atoms with Crippen LogP contribution < -0.4 is 15.6 Å². The van der Waals surface area contributed by atoms with Gasteiger partial charge in [0.25, 0.3) is 0 Å². The van der Waals surface area contributed by atoms with Gasteiger partial charge in [-0.2, -0.15) is 0 Å². The van der Waals surface area contributed by atoms with Crippen LogP contribution in [-0.4, -0.2) is 95.4 Å². The smallest absolute Gasteiger partial charge is 0.317 e. The average Bonchev–Trinajstić information content (AvgIpc) is 3.28. The predicted molar refractivity (Wildman–Crippen MR) is 232 cm³/mol. The molecule has 4 fully saturated rings. The van der Waals surface area contributed by atoms with Crippen molar-refractivity contribution in [2.75, 3.05) is 52.4 Å². The van der Waals surface area contributed by atoms with Crippen molar-refractivity contribution in [1.29, 1.82) is 0 Å². The number of aliphatic hydroxyl groups excluding tert-OH is 1. The van der Waals surface area contributed by atoms with E-state index in [0.29, 0.717) is 61.5 Å². The number of nitrogens with one attached hydrogen (secondary N) is 2. The molecule has 4 aliphatic heterocycles. The fourth-order valence-corrected chi connectivity index (χ4v) is 9.35. The van der Waals surface area contributed by atoms with Crippen LogP contribution in [0, 0.1) is 5.92 Å². The highest BCUT2D eigenvalue weighted by Crippen LogP contribution is 2.40. The maximum Gasteiger partial charge on any atom is 0.317 e. The van der Waals surface area contributed by atoms with Crippen LogP contribution in [0.1, 0.15) is 67.7 Å². The highest BCUT2D eigenvalue weighted by atomic mass is 16.5. The number of amides is 1. The van der Waals surface area contributed by atoms with E-state index >= 15 is 0 Å². The number of hydrogen-bond donors (Lipinski definition) is 4. The first kappa shape index (κ1) is 41.3. The maximum atomic E-state index is 14.1. The van der Waals surface area contributed by atoms with E-state index in [4.69, 9.17) is 9.47 Å². The highest BCUT2D eigenvalue weighted by Gasteiger charge is 2.47. The fraction of sp³-hybridized carbons (Fsp3) is 0.408. The number of ether oxygens (including phenoxy) is 2. The number of phenolic OH excluding ortho intramolecular Hbond substituents is 1. The summed E-state index contributed by atoms with van der Waals surface area (Å²) in [7, 11) is 0. The summed E-state index contributed by atoms with van der Waals surface area (Å²) in [4.78, 5) is 46.7. The zero-order chi connectivity index (χ0) is 41.5. The molecule has 4 saturated heterocycles. The molecule has 0 spiro atoms. The number of unbranched alkanes of at least 4 members (excludes halogenated alkanes) is 2. The lowest BCUT2D eigenvalue weighted by Crippen LogP contribution is -2.55. The first-order valence-corrected chi connectivity index (χ1v) is 21.6. The molecule has 11 heteroatoms. The molecule has 1 aromatic heterocycles. The third-order valence-electron chi connectivity index (χ3n) is 12.9. The Morgan fingerprint density at radius 2 is 1.62 bits per heavy atom. The summed E-state index contributed by atoms with van der Waals surface area (Å²) in [5.74, 6) is 1.08. The van der Waals surface area contributed by atoms with Crippen LogP contribution in [0.25, 0.3) is 22.0 Å². The van der Waals surface area contributed by atoms with Crippen molar-refractivity contribution >= 4 is 22.8 Å². The summed E-state index contributed by atoms with van der Waals surface area (Å²) in [5, 5.41) is 24.9. The van der Waals surface area contributed by atoms with E-state index in [1.807, 2.05) is 65.6 Å². The van der Waals surface area contributed by atoms with Crippen molar-refractivity contribution < 1.29 is 29.3 Å². The summed E-state index contributed by atoms with van der Waals surface area (Å²) in [6.45, 7) is 5.58. The highest BCUT2D eigenvalue weighted by molar-refractivity contribution is 5.87. The number of aromatic amines is 1. The van der Waals surface area contributed by atoms with E-state index in [0.717, 1.165) is 86.3 Å². The number of fused-ring (bicyclic) bond motifs is 4. The van der Waals surface area contributed by atoms with Crippen LogP contribution in [0.4, 0.5) is 0 Å². The topological polar surface area (TPSA) is 144 Å². The first-order valence-electron chi connectivity index (χ1n) is 21.6. The van der Waals surface area contributed by atoms with E-state index in [1.54, 1.807) is 12.1 Å². The molecule has 4 aliphatic rings. The van der Waals surface area contributed by atoms with E-state index in [9.17, 15) is 24.6 Å². The molecule has 5 aromatic rings. The average molecular weight is 813 g/mol. The van der Waals surface area contributed by atoms with Gasteiger partial charge in [0.1, 0.15) is 17.6 Å². The number of piperidine rings is 4. The molecule has 11 nitrogen and oxygen atoms in total. The Balaban J connectivity index is 0.832. The zero-order valence-electron chi connectivity index (χ0n) is 34.2. The summed E-state index contributed by atoms with van der Waals surface area (Å²) >= 11 is 0. The van der Waals surface area contributed by atoms with Gasteiger partial charge in [-0.3, -0.25) is 19.3 Å². The number of phenols is 1. The molecule has 1 unspecified atom stereocenters. The second-order valence-electron chi connectivity index (χ2n) is 16.7. The Kier molecular flexibility index (Phi) is 12.9. The minimum atomic E-state index is -0.800. The lowest BCUT2D eigenvalue weighted by molar-refractivity contribution is -0.168. The SMILES string of the molecule is O=C(Cc1ccc(OCCCCCNCC(O)c2ccc(O)c3[nH]c(=O)ccc23)c(-c2ccccc2)c1)N1CCC(C(=O)O[C@H]2CN3CCC2CC3)(c2ccccc2)CC1. The first-order chi connectivity index (χ1) is 29.3. The number of pyridine rings is 1. The Labute approximate surface area is 351 Å². The molecule has 9 rings (SSSR count). The van der Waals surface area contributed by atoms with E-state index in [1.165, 1.54) is 12.1 Å². The largest absolute Gasteiger partial charge is 0.506 e. The molecule has 0 aliphatic carbocycles. The number of carbonyl (C=O) groups excluding carboxylic acids is 2. The van der Waals surface area contributed by atoms with Crippen LogP contribution in [-0.2, 0) is 26.2 Å². The molecule has 5 heterocycles. The second-order valence-corrected chi connectivity index (χ2v) is 16.7. The number of aromatic nitrogens is 1. The number of likely N-dealkylation sites (tertiary alicyclic amines) is 1. The molecule has 2 atom stereocenters. The number of aromatic hydroxyl groups is 1. The van der Waals surface area contributed by atoms with Gasteiger partial charge in [0, 0.05) is 43.2 Å². The van der Waals surface area contributed by atoms with Crippen molar-refractivity contribution in [3.8, 4) is 22.6 Å². The summed E-state index contributed by atoms with van der Waals surface area (Å²) in [6.07, 6.45) is 5.30. The Morgan fingerprint density at radius 1 is 0.867 bits per heavy atom. The molecule has 314 valence electrons. The standard InChI is InChI=1S/C49H56N4O7/c54-41-17-15-38(39-16-19-45(56)51-47(39)41)42(55)32-50-24-8-3-9-29-59-43-18-14-34(30-40(43)35-10-4-1-5-11-35)31-46(57)53-27-22-49(23-28-53,37-12-6-2-7-13-37)48(58)60-44-33-52-25-20-36(44)21-26-52/h1-2,4-7,10-19,30,36,42,44,50,54-55H,3,8-9,20-29,31-33H2,(H,51,56)/t42?,44-/m0/s1. The van der Waals surface area contributed by atoms with Crippen LogP contribution in [0.15, 0.2) is 108 Å². The quantitative estimate of drug-likeness (QED) is 0.0648. The van der Waals surface area contributed by atoms with Gasteiger partial charge in [-0.05, 0) is 117 Å². The van der Waals surface area contributed by atoms with Gasteiger partial charge in [0.05, 0.1) is 30.1 Å². The number of esters is 1. The molecular formula is C49H56N4O7.